The molecular weight excluding hydrogens is 202 g/mol. The molecule has 4 nitrogen and oxygen atoms in total. The molecule has 0 saturated carbocycles. The maximum Gasteiger partial charge on any atom is 0.0543 e. The summed E-state index contributed by atoms with van der Waals surface area (Å²) in [5.41, 5.74) is 1.07. The summed E-state index contributed by atoms with van der Waals surface area (Å²) in [6, 6.07) is 6.28. The van der Waals surface area contributed by atoms with Gasteiger partial charge in [-0.25, -0.2) is 0 Å². The molecular formula is C12H21N3O. The second kappa shape index (κ2) is 7.33. The maximum atomic E-state index is 8.90. The second-order valence-corrected chi connectivity index (χ2v) is 4.02. The minimum Gasteiger partial charge on any atom is -0.396 e. The van der Waals surface area contributed by atoms with E-state index in [0.29, 0.717) is 6.04 Å². The Labute approximate surface area is 97.3 Å². The molecule has 16 heavy (non-hydrogen) atoms. The molecule has 1 aromatic rings. The lowest BCUT2D eigenvalue weighted by Gasteiger charge is -2.22. The molecule has 1 aromatic heterocycles. The van der Waals surface area contributed by atoms with Crippen LogP contribution in [0.5, 0.6) is 0 Å². The number of nitrogens with zero attached hydrogens (tertiary/aromatic N) is 2. The molecule has 0 aromatic carbocycles. The van der Waals surface area contributed by atoms with Crippen LogP contribution >= 0.6 is 0 Å². The Balaban J connectivity index is 2.37. The van der Waals surface area contributed by atoms with Crippen molar-refractivity contribution in [3.05, 3.63) is 30.1 Å². The van der Waals surface area contributed by atoms with Gasteiger partial charge in [0.25, 0.3) is 0 Å². The molecule has 0 saturated heterocycles. The molecule has 4 heteroatoms. The molecule has 0 aliphatic heterocycles. The van der Waals surface area contributed by atoms with Gasteiger partial charge in [-0.1, -0.05) is 6.07 Å². The number of likely N-dealkylation sites (N-methyl/N-ethyl adjacent to an activating group) is 2. The summed E-state index contributed by atoms with van der Waals surface area (Å²) >= 11 is 0. The van der Waals surface area contributed by atoms with Crippen LogP contribution in [-0.4, -0.2) is 48.3 Å². The lowest BCUT2D eigenvalue weighted by molar-refractivity contribution is 0.229. The van der Waals surface area contributed by atoms with E-state index < -0.39 is 0 Å². The van der Waals surface area contributed by atoms with Gasteiger partial charge in [0.05, 0.1) is 5.69 Å². The van der Waals surface area contributed by atoms with Gasteiger partial charge in [-0.05, 0) is 32.6 Å². The molecule has 0 radical (unpaired) electrons. The maximum absolute atomic E-state index is 8.90. The largest absolute Gasteiger partial charge is 0.396 e. The fourth-order valence-corrected chi connectivity index (χ4v) is 1.69. The fraction of sp³-hybridized carbons (Fsp3) is 0.583. The first kappa shape index (κ1) is 13.1. The molecule has 0 bridgehead atoms. The standard InChI is InChI=1S/C12H21N3O/c1-13-11(6-8-16)9-15(2)10-12-5-3-4-7-14-12/h3-5,7,11,13,16H,6,8-10H2,1-2H3. The molecule has 1 atom stereocenters. The van der Waals surface area contributed by atoms with Crippen molar-refractivity contribution in [2.24, 2.45) is 0 Å². The SMILES string of the molecule is CNC(CCO)CN(C)Cc1ccccn1. The van der Waals surface area contributed by atoms with Crippen LogP contribution in [0.4, 0.5) is 0 Å². The zero-order valence-electron chi connectivity index (χ0n) is 10.1. The van der Waals surface area contributed by atoms with Crippen molar-refractivity contribution in [1.82, 2.24) is 15.2 Å². The Hall–Kier alpha value is -0.970. The molecule has 0 aliphatic carbocycles. The van der Waals surface area contributed by atoms with Gasteiger partial charge in [-0.3, -0.25) is 9.88 Å². The van der Waals surface area contributed by atoms with Gasteiger partial charge in [-0.2, -0.15) is 0 Å². The van der Waals surface area contributed by atoms with Crippen LogP contribution in [0.1, 0.15) is 12.1 Å². The first-order valence-electron chi connectivity index (χ1n) is 5.63. The molecule has 0 aliphatic rings. The van der Waals surface area contributed by atoms with E-state index in [1.807, 2.05) is 31.4 Å². The highest BCUT2D eigenvalue weighted by Gasteiger charge is 2.09. The van der Waals surface area contributed by atoms with E-state index >= 15 is 0 Å². The van der Waals surface area contributed by atoms with E-state index in [-0.39, 0.29) is 6.61 Å². The van der Waals surface area contributed by atoms with Crippen LogP contribution in [-0.2, 0) is 6.54 Å². The van der Waals surface area contributed by atoms with Crippen molar-refractivity contribution in [2.45, 2.75) is 19.0 Å². The van der Waals surface area contributed by atoms with Gasteiger partial charge in [0.2, 0.25) is 0 Å². The van der Waals surface area contributed by atoms with Crippen LogP contribution in [0, 0.1) is 0 Å². The van der Waals surface area contributed by atoms with Crippen molar-refractivity contribution in [1.29, 1.82) is 0 Å². The van der Waals surface area contributed by atoms with Gasteiger partial charge in [-0.15, -0.1) is 0 Å². The van der Waals surface area contributed by atoms with Crippen LogP contribution in [0.15, 0.2) is 24.4 Å². The molecule has 0 fully saturated rings. The van der Waals surface area contributed by atoms with Crippen molar-refractivity contribution in [3.8, 4) is 0 Å². The third kappa shape index (κ3) is 4.70. The first-order valence-corrected chi connectivity index (χ1v) is 5.63. The molecule has 1 unspecified atom stereocenters. The van der Waals surface area contributed by atoms with E-state index in [2.05, 4.69) is 22.2 Å². The number of aromatic nitrogens is 1. The van der Waals surface area contributed by atoms with E-state index in [1.54, 1.807) is 0 Å². The average Bonchev–Trinajstić information content (AvgIpc) is 2.29. The lowest BCUT2D eigenvalue weighted by atomic mass is 10.2. The minimum absolute atomic E-state index is 0.225. The molecule has 0 spiro atoms. The summed E-state index contributed by atoms with van der Waals surface area (Å²) in [5, 5.41) is 12.1. The summed E-state index contributed by atoms with van der Waals surface area (Å²) in [6.45, 7) is 1.97. The fourth-order valence-electron chi connectivity index (χ4n) is 1.69. The highest BCUT2D eigenvalue weighted by molar-refractivity contribution is 5.03. The van der Waals surface area contributed by atoms with Crippen molar-refractivity contribution in [3.63, 3.8) is 0 Å². The van der Waals surface area contributed by atoms with E-state index in [1.165, 1.54) is 0 Å². The predicted octanol–water partition coefficient (Wildman–Crippen LogP) is 0.484. The highest BCUT2D eigenvalue weighted by atomic mass is 16.3. The number of hydrogen-bond acceptors (Lipinski definition) is 4. The normalized spacial score (nSPS) is 13.0. The Morgan fingerprint density at radius 2 is 2.31 bits per heavy atom. The average molecular weight is 223 g/mol. The highest BCUT2D eigenvalue weighted by Crippen LogP contribution is 2.01. The Kier molecular flexibility index (Phi) is 6.00. The summed E-state index contributed by atoms with van der Waals surface area (Å²) < 4.78 is 0. The number of pyridine rings is 1. The molecule has 1 heterocycles. The van der Waals surface area contributed by atoms with Gasteiger partial charge in [0.15, 0.2) is 0 Å². The zero-order valence-corrected chi connectivity index (χ0v) is 10.1. The van der Waals surface area contributed by atoms with Crippen molar-refractivity contribution in [2.75, 3.05) is 27.2 Å². The van der Waals surface area contributed by atoms with E-state index in [0.717, 1.165) is 25.2 Å². The Morgan fingerprint density at radius 1 is 1.50 bits per heavy atom. The topological polar surface area (TPSA) is 48.4 Å². The third-order valence-corrected chi connectivity index (χ3v) is 2.58. The van der Waals surface area contributed by atoms with Gasteiger partial charge < -0.3 is 10.4 Å². The summed E-state index contributed by atoms with van der Waals surface area (Å²) in [4.78, 5) is 6.49. The molecule has 0 amide bonds. The van der Waals surface area contributed by atoms with Crippen LogP contribution < -0.4 is 5.32 Å². The first-order chi connectivity index (χ1) is 7.76. The van der Waals surface area contributed by atoms with Crippen molar-refractivity contribution >= 4 is 0 Å². The van der Waals surface area contributed by atoms with E-state index in [4.69, 9.17) is 5.11 Å². The van der Waals surface area contributed by atoms with Crippen molar-refractivity contribution < 1.29 is 5.11 Å². The van der Waals surface area contributed by atoms with Gasteiger partial charge in [0.1, 0.15) is 0 Å². The predicted molar refractivity (Wildman–Crippen MR) is 65.1 cm³/mol. The molecule has 90 valence electrons. The summed E-state index contributed by atoms with van der Waals surface area (Å²) in [6.07, 6.45) is 2.59. The van der Waals surface area contributed by atoms with Gasteiger partial charge >= 0.3 is 0 Å². The zero-order chi connectivity index (χ0) is 11.8. The number of aliphatic hydroxyl groups excluding tert-OH is 1. The number of hydrogen-bond donors (Lipinski definition) is 2. The molecule has 1 rings (SSSR count). The second-order valence-electron chi connectivity index (χ2n) is 4.02. The van der Waals surface area contributed by atoms with Crippen LogP contribution in [0.2, 0.25) is 0 Å². The Bertz CT molecular complexity index is 279. The van der Waals surface area contributed by atoms with Crippen LogP contribution in [0.25, 0.3) is 0 Å². The Morgan fingerprint density at radius 3 is 2.88 bits per heavy atom. The summed E-state index contributed by atoms with van der Waals surface area (Å²) in [7, 11) is 3.99. The third-order valence-electron chi connectivity index (χ3n) is 2.58. The number of nitrogens with one attached hydrogen (secondary N) is 1. The number of aliphatic hydroxyl groups is 1. The smallest absolute Gasteiger partial charge is 0.0543 e. The van der Waals surface area contributed by atoms with E-state index in [9.17, 15) is 0 Å². The quantitative estimate of drug-likeness (QED) is 0.706. The van der Waals surface area contributed by atoms with Gasteiger partial charge in [0, 0.05) is 31.9 Å². The monoisotopic (exact) mass is 223 g/mol. The summed E-state index contributed by atoms with van der Waals surface area (Å²) in [5.74, 6) is 0. The minimum atomic E-state index is 0.225. The lowest BCUT2D eigenvalue weighted by Crippen LogP contribution is -2.38. The number of rotatable bonds is 7. The van der Waals surface area contributed by atoms with Crippen LogP contribution in [0.3, 0.4) is 0 Å². The molecule has 2 N–H and O–H groups in total.